The second-order valence-corrected chi connectivity index (χ2v) is 7.51. The van der Waals surface area contributed by atoms with Crippen LogP contribution in [0.5, 0.6) is 5.75 Å². The molecule has 0 radical (unpaired) electrons. The van der Waals surface area contributed by atoms with Crippen LogP contribution in [-0.2, 0) is 11.3 Å². The number of nitrogens with two attached hydrogens (primary N) is 1. The molecule has 0 aromatic heterocycles. The molecular formula is C18H26BF3N2O5. The summed E-state index contributed by atoms with van der Waals surface area (Å²) < 4.78 is 40.3. The van der Waals surface area contributed by atoms with Gasteiger partial charge in [-0.05, 0) is 49.2 Å². The second-order valence-electron chi connectivity index (χ2n) is 7.51. The zero-order valence-corrected chi connectivity index (χ0v) is 15.9. The number of benzene rings is 1. The maximum atomic E-state index is 12.2. The van der Waals surface area contributed by atoms with Gasteiger partial charge < -0.3 is 30.9 Å². The Hall–Kier alpha value is -1.82. The van der Waals surface area contributed by atoms with Crippen LogP contribution in [0.25, 0.3) is 0 Å². The van der Waals surface area contributed by atoms with Gasteiger partial charge in [-0.25, -0.2) is 0 Å². The van der Waals surface area contributed by atoms with E-state index < -0.39 is 25.0 Å². The molecule has 0 amide bonds. The predicted molar refractivity (Wildman–Crippen MR) is 99.9 cm³/mol. The van der Waals surface area contributed by atoms with Gasteiger partial charge >= 0.3 is 19.5 Å². The van der Waals surface area contributed by atoms with E-state index in [-0.39, 0.29) is 30.5 Å². The first-order valence-corrected chi connectivity index (χ1v) is 9.46. The number of rotatable bonds is 11. The van der Waals surface area contributed by atoms with Gasteiger partial charge in [0.2, 0.25) is 0 Å². The van der Waals surface area contributed by atoms with Crippen molar-refractivity contribution in [2.24, 2.45) is 11.7 Å². The quantitative estimate of drug-likeness (QED) is 0.275. The molecule has 2 rings (SSSR count). The van der Waals surface area contributed by atoms with Crippen molar-refractivity contribution in [1.29, 1.82) is 0 Å². The van der Waals surface area contributed by atoms with Gasteiger partial charge in [0, 0.05) is 12.6 Å². The first-order valence-electron chi connectivity index (χ1n) is 9.46. The molecule has 0 bridgehead atoms. The van der Waals surface area contributed by atoms with Crippen molar-refractivity contribution in [3.05, 3.63) is 29.8 Å². The number of hydrogen-bond acceptors (Lipinski definition) is 6. The molecule has 1 aliphatic carbocycles. The number of unbranched alkanes of at least 4 members (excludes halogenated alkanes) is 1. The number of alkyl halides is 3. The molecule has 1 unspecified atom stereocenters. The first kappa shape index (κ1) is 23.5. The lowest BCUT2D eigenvalue weighted by Gasteiger charge is -2.45. The average Bonchev–Trinajstić information content (AvgIpc) is 2.57. The van der Waals surface area contributed by atoms with Crippen LogP contribution in [0.15, 0.2) is 24.3 Å². The molecule has 1 aromatic carbocycles. The number of carbonyl (C=O) groups is 1. The fourth-order valence-corrected chi connectivity index (χ4v) is 3.51. The van der Waals surface area contributed by atoms with Gasteiger partial charge in [0.05, 0.1) is 0 Å². The van der Waals surface area contributed by atoms with Crippen LogP contribution >= 0.6 is 0 Å². The topological polar surface area (TPSA) is 125 Å². The Kier molecular flexibility index (Phi) is 7.92. The number of ether oxygens (including phenoxy) is 1. The Bertz CT molecular complexity index is 668. The van der Waals surface area contributed by atoms with E-state index >= 15 is 0 Å². The van der Waals surface area contributed by atoms with Crippen molar-refractivity contribution < 1.29 is 37.9 Å². The molecule has 1 saturated carbocycles. The van der Waals surface area contributed by atoms with Crippen LogP contribution in [0.2, 0.25) is 6.32 Å². The first-order chi connectivity index (χ1) is 13.5. The number of hydrogen-bond donors (Lipinski definition) is 5. The molecule has 1 fully saturated rings. The van der Waals surface area contributed by atoms with Gasteiger partial charge in [0.1, 0.15) is 11.3 Å². The summed E-state index contributed by atoms with van der Waals surface area (Å²) in [6, 6.07) is 5.63. The van der Waals surface area contributed by atoms with Gasteiger partial charge in [0.15, 0.2) is 0 Å². The van der Waals surface area contributed by atoms with Crippen molar-refractivity contribution in [1.82, 2.24) is 5.32 Å². The highest BCUT2D eigenvalue weighted by Crippen LogP contribution is 2.38. The number of carboxylic acids is 1. The minimum Gasteiger partial charge on any atom is -0.480 e. The summed E-state index contributed by atoms with van der Waals surface area (Å²) in [6.07, 6.45) is -2.16. The number of carboxylic acid groups (broad SMARTS) is 1. The van der Waals surface area contributed by atoms with E-state index in [2.05, 4.69) is 10.1 Å². The van der Waals surface area contributed by atoms with E-state index in [4.69, 9.17) is 15.8 Å². The molecule has 29 heavy (non-hydrogen) atoms. The zero-order valence-electron chi connectivity index (χ0n) is 15.9. The smallest absolute Gasteiger partial charge is 0.480 e. The van der Waals surface area contributed by atoms with Crippen LogP contribution in [0.4, 0.5) is 13.2 Å². The third kappa shape index (κ3) is 7.18. The molecule has 0 aliphatic heterocycles. The van der Waals surface area contributed by atoms with Crippen molar-refractivity contribution in [2.45, 2.75) is 62.9 Å². The lowest BCUT2D eigenvalue weighted by atomic mass is 9.66. The molecule has 1 aliphatic rings. The molecule has 0 saturated heterocycles. The lowest BCUT2D eigenvalue weighted by Crippen LogP contribution is -2.61. The van der Waals surface area contributed by atoms with Crippen LogP contribution in [0.3, 0.4) is 0 Å². The van der Waals surface area contributed by atoms with Crippen LogP contribution < -0.4 is 15.8 Å². The Morgan fingerprint density at radius 1 is 1.21 bits per heavy atom. The summed E-state index contributed by atoms with van der Waals surface area (Å²) in [6.45, 7) is 0.433. The standard InChI is InChI=1S/C18H26BF3N2O5/c20-18(21,22)29-15-5-3-12(4-6-15)11-24-14-9-13(10-14)17(23,16(25)26)7-1-2-8-19(27)28/h3-6,13-14,24,27-28H,1-2,7-11,23H2,(H,25,26). The Labute approximate surface area is 167 Å². The minimum absolute atomic E-state index is 0.0765. The highest BCUT2D eigenvalue weighted by molar-refractivity contribution is 6.40. The molecular weight excluding hydrogens is 392 g/mol. The highest BCUT2D eigenvalue weighted by atomic mass is 19.4. The van der Waals surface area contributed by atoms with Crippen LogP contribution in [0, 0.1) is 5.92 Å². The Morgan fingerprint density at radius 3 is 2.34 bits per heavy atom. The third-order valence-electron chi connectivity index (χ3n) is 5.32. The van der Waals surface area contributed by atoms with E-state index in [1.807, 2.05) is 0 Å². The van der Waals surface area contributed by atoms with Crippen molar-refractivity contribution in [3.8, 4) is 5.75 Å². The minimum atomic E-state index is -4.72. The van der Waals surface area contributed by atoms with Gasteiger partial charge in [0.25, 0.3) is 0 Å². The van der Waals surface area contributed by atoms with E-state index in [1.54, 1.807) is 0 Å². The molecule has 1 atom stereocenters. The summed E-state index contributed by atoms with van der Waals surface area (Å²) in [4.78, 5) is 11.7. The largest absolute Gasteiger partial charge is 0.573 e. The number of aliphatic carboxylic acids is 1. The van der Waals surface area contributed by atoms with Gasteiger partial charge in [-0.1, -0.05) is 25.0 Å². The van der Waals surface area contributed by atoms with Gasteiger partial charge in [-0.15, -0.1) is 13.2 Å². The molecule has 0 heterocycles. The summed E-state index contributed by atoms with van der Waals surface area (Å²) in [5.74, 6) is -1.54. The van der Waals surface area contributed by atoms with Crippen molar-refractivity contribution >= 4 is 13.1 Å². The predicted octanol–water partition coefficient (Wildman–Crippen LogP) is 1.88. The molecule has 0 spiro atoms. The Balaban J connectivity index is 1.76. The summed E-state index contributed by atoms with van der Waals surface area (Å²) in [7, 11) is -1.40. The maximum Gasteiger partial charge on any atom is 0.573 e. The van der Waals surface area contributed by atoms with E-state index in [9.17, 15) is 23.1 Å². The van der Waals surface area contributed by atoms with Gasteiger partial charge in [-0.3, -0.25) is 4.79 Å². The fraction of sp³-hybridized carbons (Fsp3) is 0.611. The third-order valence-corrected chi connectivity index (χ3v) is 5.32. The summed E-state index contributed by atoms with van der Waals surface area (Å²) in [5, 5.41) is 30.5. The summed E-state index contributed by atoms with van der Waals surface area (Å²) >= 11 is 0. The van der Waals surface area contributed by atoms with Crippen molar-refractivity contribution in [3.63, 3.8) is 0 Å². The molecule has 162 valence electrons. The maximum absolute atomic E-state index is 12.2. The fourth-order valence-electron chi connectivity index (χ4n) is 3.51. The van der Waals surface area contributed by atoms with Gasteiger partial charge in [-0.2, -0.15) is 0 Å². The average molecular weight is 418 g/mol. The van der Waals surface area contributed by atoms with Crippen molar-refractivity contribution in [2.75, 3.05) is 0 Å². The molecule has 7 nitrogen and oxygen atoms in total. The molecule has 6 N–H and O–H groups in total. The summed E-state index contributed by atoms with van der Waals surface area (Å²) in [5.41, 5.74) is 5.57. The lowest BCUT2D eigenvalue weighted by molar-refractivity contribution is -0.274. The van der Waals surface area contributed by atoms with Crippen LogP contribution in [0.1, 0.15) is 37.7 Å². The van der Waals surface area contributed by atoms with Crippen LogP contribution in [-0.4, -0.2) is 46.2 Å². The van der Waals surface area contributed by atoms with E-state index in [0.717, 1.165) is 5.56 Å². The SMILES string of the molecule is NC(CCCCB(O)O)(C(=O)O)C1CC(NCc2ccc(OC(F)(F)F)cc2)C1. The second kappa shape index (κ2) is 9.79. The normalized spacial score (nSPS) is 21.2. The molecule has 1 aromatic rings. The van der Waals surface area contributed by atoms with E-state index in [1.165, 1.54) is 24.3 Å². The van der Waals surface area contributed by atoms with E-state index in [0.29, 0.717) is 32.2 Å². The molecule has 11 heteroatoms. The number of nitrogens with one attached hydrogen (secondary N) is 1. The number of halogens is 3. The monoisotopic (exact) mass is 418 g/mol. The highest BCUT2D eigenvalue weighted by Gasteiger charge is 2.48. The Morgan fingerprint density at radius 2 is 1.83 bits per heavy atom. The zero-order chi connectivity index (χ0) is 21.7.